The second kappa shape index (κ2) is 8.02. The second-order valence-corrected chi connectivity index (χ2v) is 6.88. The third-order valence-electron chi connectivity index (χ3n) is 4.16. The first-order valence-electron chi connectivity index (χ1n) is 8.70. The first-order chi connectivity index (χ1) is 11.8. The zero-order valence-corrected chi connectivity index (χ0v) is 15.7. The van der Waals surface area contributed by atoms with Crippen molar-refractivity contribution in [1.29, 1.82) is 0 Å². The summed E-state index contributed by atoms with van der Waals surface area (Å²) in [6, 6.07) is 15.4. The molecule has 0 bridgehead atoms. The Balaban J connectivity index is 2.60. The van der Waals surface area contributed by atoms with E-state index in [4.69, 9.17) is 0 Å². The van der Waals surface area contributed by atoms with Gasteiger partial charge in [0.2, 0.25) is 5.91 Å². The van der Waals surface area contributed by atoms with Gasteiger partial charge >= 0.3 is 0 Å². The average molecular weight is 337 g/mol. The Morgan fingerprint density at radius 3 is 2.16 bits per heavy atom. The third-order valence-corrected chi connectivity index (χ3v) is 4.16. The Morgan fingerprint density at radius 1 is 1.00 bits per heavy atom. The van der Waals surface area contributed by atoms with Gasteiger partial charge in [0.25, 0.3) is 0 Å². The summed E-state index contributed by atoms with van der Waals surface area (Å²) in [5.74, 6) is 0.124. The van der Waals surface area contributed by atoms with Gasteiger partial charge in [-0.2, -0.15) is 0 Å². The van der Waals surface area contributed by atoms with Crippen LogP contribution in [0.5, 0.6) is 5.75 Å². The molecule has 0 fully saturated rings. The number of nitrogens with zero attached hydrogens (tertiary/aromatic N) is 1. The lowest BCUT2D eigenvalue weighted by atomic mass is 9.95. The Morgan fingerprint density at radius 2 is 1.60 bits per heavy atom. The highest BCUT2D eigenvalue weighted by Crippen LogP contribution is 2.31. The van der Waals surface area contributed by atoms with Crippen LogP contribution in [0.15, 0.2) is 54.6 Å². The highest BCUT2D eigenvalue weighted by molar-refractivity contribution is 6.00. The molecule has 2 rings (SSSR count). The number of hydrogen-bond acceptors (Lipinski definition) is 2. The van der Waals surface area contributed by atoms with E-state index in [1.807, 2.05) is 82.0 Å². The van der Waals surface area contributed by atoms with Crippen LogP contribution in [0, 0.1) is 6.92 Å². The number of aryl methyl sites for hydroxylation is 1. The van der Waals surface area contributed by atoms with Crippen molar-refractivity contribution in [3.05, 3.63) is 71.3 Å². The number of carbonyl (C=O) groups excluding carboxylic acids is 1. The molecular formula is C22H27NO2. The molecule has 0 heterocycles. The van der Waals surface area contributed by atoms with Gasteiger partial charge in [0.1, 0.15) is 5.75 Å². The number of phenolic OH excluding ortho intramolecular Hbond substituents is 1. The predicted molar refractivity (Wildman–Crippen MR) is 103 cm³/mol. The van der Waals surface area contributed by atoms with Gasteiger partial charge in [-0.15, -0.1) is 0 Å². The maximum atomic E-state index is 12.9. The number of aromatic hydroxyl groups is 1. The summed E-state index contributed by atoms with van der Waals surface area (Å²) in [7, 11) is 0. The van der Waals surface area contributed by atoms with Crippen LogP contribution in [0.25, 0.3) is 5.57 Å². The molecule has 0 aromatic heterocycles. The van der Waals surface area contributed by atoms with E-state index < -0.39 is 0 Å². The maximum Gasteiger partial charge on any atom is 0.247 e. The molecule has 0 radical (unpaired) electrons. The molecule has 0 aliphatic heterocycles. The van der Waals surface area contributed by atoms with Crippen LogP contribution >= 0.6 is 0 Å². The highest BCUT2D eigenvalue weighted by Gasteiger charge is 2.20. The minimum absolute atomic E-state index is 0.0511. The molecule has 25 heavy (non-hydrogen) atoms. The van der Waals surface area contributed by atoms with Gasteiger partial charge in [0.05, 0.1) is 0 Å². The Hall–Kier alpha value is -2.55. The quantitative estimate of drug-likeness (QED) is 0.798. The van der Waals surface area contributed by atoms with E-state index in [0.717, 1.165) is 16.7 Å². The number of phenols is 1. The van der Waals surface area contributed by atoms with Crippen molar-refractivity contribution < 1.29 is 9.90 Å². The summed E-state index contributed by atoms with van der Waals surface area (Å²) in [4.78, 5) is 14.8. The van der Waals surface area contributed by atoms with Gasteiger partial charge < -0.3 is 10.0 Å². The molecule has 1 amide bonds. The topological polar surface area (TPSA) is 40.5 Å². The summed E-state index contributed by atoms with van der Waals surface area (Å²) in [5.41, 5.74) is 3.35. The fourth-order valence-electron chi connectivity index (χ4n) is 3.10. The van der Waals surface area contributed by atoms with E-state index in [2.05, 4.69) is 0 Å². The maximum absolute atomic E-state index is 12.9. The first kappa shape index (κ1) is 18.8. The summed E-state index contributed by atoms with van der Waals surface area (Å²) < 4.78 is 0. The molecule has 0 aliphatic rings. The molecule has 2 aromatic carbocycles. The van der Waals surface area contributed by atoms with Crippen molar-refractivity contribution in [1.82, 2.24) is 4.90 Å². The van der Waals surface area contributed by atoms with Crippen molar-refractivity contribution in [2.45, 2.75) is 46.7 Å². The first-order valence-corrected chi connectivity index (χ1v) is 8.70. The molecule has 2 aromatic rings. The average Bonchev–Trinajstić information content (AvgIpc) is 2.55. The molecule has 1 N–H and O–H groups in total. The van der Waals surface area contributed by atoms with E-state index in [0.29, 0.717) is 5.56 Å². The van der Waals surface area contributed by atoms with Crippen LogP contribution in [-0.2, 0) is 4.79 Å². The zero-order chi connectivity index (χ0) is 18.6. The number of hydrogen-bond donors (Lipinski definition) is 1. The van der Waals surface area contributed by atoms with Crippen molar-refractivity contribution in [3.8, 4) is 5.75 Å². The summed E-state index contributed by atoms with van der Waals surface area (Å²) in [6.07, 6.45) is 1.64. The van der Waals surface area contributed by atoms with Gasteiger partial charge in [-0.25, -0.2) is 0 Å². The van der Waals surface area contributed by atoms with E-state index >= 15 is 0 Å². The third kappa shape index (κ3) is 4.50. The molecule has 3 nitrogen and oxygen atoms in total. The SMILES string of the molecule is Cc1ccc(O)c(C(=CC(=O)N(C(C)C)C(C)C)c2ccccc2)c1. The smallest absolute Gasteiger partial charge is 0.247 e. The lowest BCUT2D eigenvalue weighted by Crippen LogP contribution is -2.41. The van der Waals surface area contributed by atoms with E-state index in [9.17, 15) is 9.90 Å². The van der Waals surface area contributed by atoms with Crippen LogP contribution in [0.2, 0.25) is 0 Å². The largest absolute Gasteiger partial charge is 0.507 e. The summed E-state index contributed by atoms with van der Waals surface area (Å²) in [5, 5.41) is 10.4. The Labute approximate surface area is 150 Å². The number of carbonyl (C=O) groups is 1. The van der Waals surface area contributed by atoms with Gasteiger partial charge in [-0.3, -0.25) is 4.79 Å². The fourth-order valence-corrected chi connectivity index (χ4v) is 3.10. The Kier molecular flexibility index (Phi) is 6.02. The molecular weight excluding hydrogens is 310 g/mol. The minimum Gasteiger partial charge on any atom is -0.507 e. The summed E-state index contributed by atoms with van der Waals surface area (Å²) >= 11 is 0. The van der Waals surface area contributed by atoms with E-state index in [1.54, 1.807) is 12.1 Å². The zero-order valence-electron chi connectivity index (χ0n) is 15.7. The highest BCUT2D eigenvalue weighted by atomic mass is 16.3. The van der Waals surface area contributed by atoms with Crippen molar-refractivity contribution in [2.24, 2.45) is 0 Å². The predicted octanol–water partition coefficient (Wildman–Crippen LogP) is 4.78. The van der Waals surface area contributed by atoms with Crippen LogP contribution in [-0.4, -0.2) is 28.0 Å². The van der Waals surface area contributed by atoms with Crippen LogP contribution < -0.4 is 0 Å². The van der Waals surface area contributed by atoms with Crippen molar-refractivity contribution >= 4 is 11.5 Å². The van der Waals surface area contributed by atoms with Crippen LogP contribution in [0.1, 0.15) is 44.4 Å². The second-order valence-electron chi connectivity index (χ2n) is 6.88. The molecule has 0 saturated heterocycles. The fraction of sp³-hybridized carbons (Fsp3) is 0.318. The summed E-state index contributed by atoms with van der Waals surface area (Å²) in [6.45, 7) is 10.0. The van der Waals surface area contributed by atoms with Gasteiger partial charge in [-0.05, 0) is 57.9 Å². The van der Waals surface area contributed by atoms with Crippen LogP contribution in [0.4, 0.5) is 0 Å². The molecule has 0 spiro atoms. The molecule has 0 saturated carbocycles. The molecule has 0 aliphatic carbocycles. The number of benzene rings is 2. The van der Waals surface area contributed by atoms with Crippen molar-refractivity contribution in [3.63, 3.8) is 0 Å². The molecule has 0 atom stereocenters. The van der Waals surface area contributed by atoms with E-state index in [1.165, 1.54) is 0 Å². The Bertz CT molecular complexity index is 753. The monoisotopic (exact) mass is 337 g/mol. The lowest BCUT2D eigenvalue weighted by Gasteiger charge is -2.30. The standard InChI is InChI=1S/C22H27NO2/c1-15(2)23(16(3)4)22(25)14-19(18-9-7-6-8-10-18)20-13-17(5)11-12-21(20)24/h6-16,24H,1-5H3. The lowest BCUT2D eigenvalue weighted by molar-refractivity contribution is -0.129. The van der Waals surface area contributed by atoms with E-state index in [-0.39, 0.29) is 23.7 Å². The minimum atomic E-state index is -0.0511. The van der Waals surface area contributed by atoms with Crippen molar-refractivity contribution in [2.75, 3.05) is 0 Å². The molecule has 0 unspecified atom stereocenters. The normalized spacial score (nSPS) is 11.9. The van der Waals surface area contributed by atoms with Gasteiger partial charge in [-0.1, -0.05) is 42.0 Å². The van der Waals surface area contributed by atoms with Crippen LogP contribution in [0.3, 0.4) is 0 Å². The van der Waals surface area contributed by atoms with Gasteiger partial charge in [0.15, 0.2) is 0 Å². The number of amides is 1. The molecule has 132 valence electrons. The van der Waals surface area contributed by atoms with Gasteiger partial charge in [0, 0.05) is 23.7 Å². The number of rotatable bonds is 5. The molecule has 3 heteroatoms.